The largest absolute Gasteiger partial charge is 0.450 e. The molecule has 3 heterocycles. The number of carbonyl (C=O) groups excluding carboxylic acids is 1. The smallest absolute Gasteiger partial charge is 0.409 e. The number of aliphatic hydroxyl groups is 1. The number of nitrogens with zero attached hydrogens (tertiary/aromatic N) is 4. The van der Waals surface area contributed by atoms with E-state index in [0.717, 1.165) is 41.0 Å². The highest BCUT2D eigenvalue weighted by Crippen LogP contribution is 2.30. The maximum Gasteiger partial charge on any atom is 0.409 e. The molecule has 1 aliphatic rings. The quantitative estimate of drug-likeness (QED) is 0.637. The summed E-state index contributed by atoms with van der Waals surface area (Å²) in [5.74, 6) is 0. The zero-order chi connectivity index (χ0) is 22.9. The van der Waals surface area contributed by atoms with Gasteiger partial charge in [-0.25, -0.2) is 9.31 Å². The summed E-state index contributed by atoms with van der Waals surface area (Å²) >= 11 is 0. The summed E-state index contributed by atoms with van der Waals surface area (Å²) in [6.45, 7) is 8.37. The van der Waals surface area contributed by atoms with Crippen molar-refractivity contribution in [2.75, 3.05) is 37.7 Å². The third kappa shape index (κ3) is 4.42. The lowest BCUT2D eigenvalue weighted by atomic mass is 9.92. The van der Waals surface area contributed by atoms with Crippen LogP contribution >= 0.6 is 0 Å². The zero-order valence-corrected chi connectivity index (χ0v) is 18.9. The van der Waals surface area contributed by atoms with Crippen molar-refractivity contribution in [2.45, 2.75) is 32.4 Å². The second-order valence-corrected chi connectivity index (χ2v) is 8.70. The number of piperazine rings is 1. The van der Waals surface area contributed by atoms with Gasteiger partial charge in [0.25, 0.3) is 0 Å². The van der Waals surface area contributed by atoms with Crippen LogP contribution in [0, 0.1) is 0 Å². The molecule has 3 N–H and O–H groups in total. The van der Waals surface area contributed by atoms with Crippen molar-refractivity contribution >= 4 is 17.3 Å². The maximum atomic E-state index is 12.0. The normalized spacial score (nSPS) is 15.8. The maximum absolute atomic E-state index is 12.0. The third-order valence-electron chi connectivity index (χ3n) is 6.00. The minimum atomic E-state index is -0.984. The van der Waals surface area contributed by atoms with E-state index in [2.05, 4.69) is 16.1 Å². The Bertz CT molecular complexity index is 1080. The van der Waals surface area contributed by atoms with Gasteiger partial charge in [-0.3, -0.25) is 0 Å². The molecule has 0 aliphatic carbocycles. The van der Waals surface area contributed by atoms with Crippen molar-refractivity contribution in [3.63, 3.8) is 0 Å². The Hall–Kier alpha value is -3.10. The topological polar surface area (TPSA) is 96.3 Å². The van der Waals surface area contributed by atoms with E-state index in [1.165, 1.54) is 0 Å². The van der Waals surface area contributed by atoms with Crippen LogP contribution in [0.3, 0.4) is 0 Å². The van der Waals surface area contributed by atoms with Crippen LogP contribution in [-0.4, -0.2) is 64.1 Å². The number of anilines is 1. The minimum Gasteiger partial charge on any atom is -0.450 e. The molecule has 4 rings (SSSR count). The van der Waals surface area contributed by atoms with Crippen molar-refractivity contribution in [3.05, 3.63) is 54.4 Å². The molecule has 1 atom stereocenters. The van der Waals surface area contributed by atoms with E-state index in [-0.39, 0.29) is 6.09 Å². The second kappa shape index (κ2) is 8.80. The number of hydrogen-bond donors (Lipinski definition) is 2. The van der Waals surface area contributed by atoms with Crippen molar-refractivity contribution in [1.29, 1.82) is 0 Å². The molecule has 32 heavy (non-hydrogen) atoms. The Morgan fingerprint density at radius 1 is 1.16 bits per heavy atom. The zero-order valence-electron chi connectivity index (χ0n) is 18.9. The van der Waals surface area contributed by atoms with Crippen LogP contribution in [0.1, 0.15) is 32.4 Å². The fraction of sp³-hybridized carbons (Fsp3) is 0.417. The molecule has 1 unspecified atom stereocenters. The highest BCUT2D eigenvalue weighted by atomic mass is 16.6. The number of ether oxygens (including phenoxy) is 1. The van der Waals surface area contributed by atoms with Gasteiger partial charge in [0.15, 0.2) is 0 Å². The lowest BCUT2D eigenvalue weighted by Crippen LogP contribution is -2.49. The second-order valence-electron chi connectivity index (χ2n) is 8.70. The lowest BCUT2D eigenvalue weighted by Gasteiger charge is -2.35. The molecule has 0 spiro atoms. The summed E-state index contributed by atoms with van der Waals surface area (Å²) in [6.07, 6.45) is 3.57. The van der Waals surface area contributed by atoms with Crippen LogP contribution in [0.15, 0.2) is 48.8 Å². The van der Waals surface area contributed by atoms with Gasteiger partial charge in [-0.2, -0.15) is 5.10 Å². The standard InChI is InChI=1S/C24H31N5O3/c1-4-32-23(30)28-13-11-27(12-14-28)20-9-10-26-29-16-19(15-21(20)29)17-5-7-18(8-6-17)22(25)24(2,3)31/h5-10,15-16,22,31H,4,11-14,25H2,1-3H3. The van der Waals surface area contributed by atoms with Crippen LogP contribution in [0.25, 0.3) is 16.6 Å². The van der Waals surface area contributed by atoms with Gasteiger partial charge in [-0.15, -0.1) is 0 Å². The van der Waals surface area contributed by atoms with Crippen molar-refractivity contribution in [2.24, 2.45) is 5.73 Å². The van der Waals surface area contributed by atoms with E-state index >= 15 is 0 Å². The summed E-state index contributed by atoms with van der Waals surface area (Å²) in [4.78, 5) is 16.0. The van der Waals surface area contributed by atoms with Crippen LogP contribution in [-0.2, 0) is 4.74 Å². The summed E-state index contributed by atoms with van der Waals surface area (Å²) in [5.41, 5.74) is 10.3. The number of benzene rings is 1. The van der Waals surface area contributed by atoms with Gasteiger partial charge in [0, 0.05) is 44.1 Å². The molecular weight excluding hydrogens is 406 g/mol. The number of aromatic nitrogens is 2. The van der Waals surface area contributed by atoms with Crippen molar-refractivity contribution in [3.8, 4) is 11.1 Å². The van der Waals surface area contributed by atoms with Gasteiger partial charge in [-0.05, 0) is 44.0 Å². The van der Waals surface area contributed by atoms with Gasteiger partial charge in [0.05, 0.1) is 29.5 Å². The monoisotopic (exact) mass is 437 g/mol. The Labute approximate surface area is 188 Å². The van der Waals surface area contributed by atoms with Gasteiger partial charge in [-0.1, -0.05) is 24.3 Å². The Morgan fingerprint density at radius 2 is 1.84 bits per heavy atom. The van der Waals surface area contributed by atoms with Crippen molar-refractivity contribution < 1.29 is 14.6 Å². The average Bonchev–Trinajstić information content (AvgIpc) is 3.23. The van der Waals surface area contributed by atoms with E-state index < -0.39 is 11.6 Å². The molecule has 0 saturated carbocycles. The fourth-order valence-electron chi connectivity index (χ4n) is 4.06. The molecule has 3 aromatic rings. The molecule has 1 amide bonds. The van der Waals surface area contributed by atoms with E-state index in [9.17, 15) is 9.90 Å². The molecule has 2 aromatic heterocycles. The molecule has 1 aliphatic heterocycles. The van der Waals surface area contributed by atoms with Gasteiger partial charge in [0.1, 0.15) is 0 Å². The molecule has 0 bridgehead atoms. The summed E-state index contributed by atoms with van der Waals surface area (Å²) in [5, 5.41) is 14.7. The fourth-order valence-corrected chi connectivity index (χ4v) is 4.06. The summed E-state index contributed by atoms with van der Waals surface area (Å²) in [6, 6.07) is 11.7. The molecule has 1 saturated heterocycles. The first-order valence-electron chi connectivity index (χ1n) is 11.0. The van der Waals surface area contributed by atoms with Gasteiger partial charge < -0.3 is 25.4 Å². The third-order valence-corrected chi connectivity index (χ3v) is 6.00. The van der Waals surface area contributed by atoms with Crippen LogP contribution in [0.2, 0.25) is 0 Å². The van der Waals surface area contributed by atoms with E-state index in [1.54, 1.807) is 24.9 Å². The average molecular weight is 438 g/mol. The number of carbonyl (C=O) groups is 1. The van der Waals surface area contributed by atoms with E-state index in [1.807, 2.05) is 48.0 Å². The summed E-state index contributed by atoms with van der Waals surface area (Å²) < 4.78 is 7.01. The number of hydrogen-bond acceptors (Lipinski definition) is 6. The van der Waals surface area contributed by atoms with Gasteiger partial charge >= 0.3 is 6.09 Å². The lowest BCUT2D eigenvalue weighted by molar-refractivity contribution is 0.0517. The van der Waals surface area contributed by atoms with Crippen LogP contribution in [0.4, 0.5) is 10.5 Å². The highest BCUT2D eigenvalue weighted by Gasteiger charge is 2.25. The first kappa shape index (κ1) is 22.1. The van der Waals surface area contributed by atoms with Crippen LogP contribution < -0.4 is 10.6 Å². The number of nitrogens with two attached hydrogens (primary N) is 1. The number of fused-ring (bicyclic) bond motifs is 1. The first-order chi connectivity index (χ1) is 15.3. The minimum absolute atomic E-state index is 0.246. The predicted molar refractivity (Wildman–Crippen MR) is 125 cm³/mol. The van der Waals surface area contributed by atoms with Gasteiger partial charge in [0.2, 0.25) is 0 Å². The molecule has 1 fully saturated rings. The molecule has 8 heteroatoms. The molecule has 0 radical (unpaired) electrons. The van der Waals surface area contributed by atoms with E-state index in [4.69, 9.17) is 10.5 Å². The number of rotatable bonds is 5. The Balaban J connectivity index is 1.55. The Morgan fingerprint density at radius 3 is 2.47 bits per heavy atom. The first-order valence-corrected chi connectivity index (χ1v) is 11.0. The molecule has 170 valence electrons. The molecule has 1 aromatic carbocycles. The van der Waals surface area contributed by atoms with Crippen molar-refractivity contribution in [1.82, 2.24) is 14.5 Å². The SMILES string of the molecule is CCOC(=O)N1CCN(c2ccnn3cc(-c4ccc(C(N)C(C)(C)O)cc4)cc23)CC1. The molecular formula is C24H31N5O3. The summed E-state index contributed by atoms with van der Waals surface area (Å²) in [7, 11) is 0. The predicted octanol–water partition coefficient (Wildman–Crippen LogP) is 3.05. The Kier molecular flexibility index (Phi) is 6.08. The van der Waals surface area contributed by atoms with Crippen LogP contribution in [0.5, 0.6) is 0 Å². The molecule has 8 nitrogen and oxygen atoms in total. The highest BCUT2D eigenvalue weighted by molar-refractivity contribution is 5.80. The number of amides is 1. The van der Waals surface area contributed by atoms with E-state index in [0.29, 0.717) is 19.7 Å².